The Morgan fingerprint density at radius 3 is 1.25 bits per heavy atom. The summed E-state index contributed by atoms with van der Waals surface area (Å²) in [4.78, 5) is 42.2. The normalized spacial score (nSPS) is 10.8. The first kappa shape index (κ1) is 15.0. The van der Waals surface area contributed by atoms with Crippen molar-refractivity contribution >= 4 is 35.7 Å². The van der Waals surface area contributed by atoms with E-state index in [1.807, 2.05) is 0 Å². The van der Waals surface area contributed by atoms with Gasteiger partial charge in [0.05, 0.1) is 0 Å². The Balaban J connectivity index is 2.75. The largest absolute Gasteiger partial charge is 0.475 e. The summed E-state index contributed by atoms with van der Waals surface area (Å²) in [6, 6.07) is 6.38. The van der Waals surface area contributed by atoms with Crippen molar-refractivity contribution in [2.24, 2.45) is 0 Å². The lowest BCUT2D eigenvalue weighted by molar-refractivity contribution is -0.146. The molecular weight excluding hydrogens is 264 g/mol. The van der Waals surface area contributed by atoms with Crippen LogP contribution in [0, 0.1) is 0 Å². The number of rotatable bonds is 6. The average Bonchev–Trinajstić information content (AvgIpc) is 2.42. The molecule has 0 saturated carbocycles. The van der Waals surface area contributed by atoms with Gasteiger partial charge in [-0.1, -0.05) is 36.4 Å². The number of benzene rings is 1. The molecule has 1 aromatic carbocycles. The Bertz CT molecular complexity index is 552. The maximum Gasteiger partial charge on any atom is 0.376 e. The van der Waals surface area contributed by atoms with Crippen LogP contribution in [0.25, 0.3) is 12.2 Å². The van der Waals surface area contributed by atoms with Gasteiger partial charge in [-0.2, -0.15) is 0 Å². The maximum atomic E-state index is 10.8. The lowest BCUT2D eigenvalue weighted by Crippen LogP contribution is -2.08. The summed E-state index contributed by atoms with van der Waals surface area (Å²) in [6.07, 6.45) is 4.54. The van der Waals surface area contributed by atoms with Crippen molar-refractivity contribution in [1.82, 2.24) is 0 Å². The SMILES string of the molecule is O=C(O)C(=O)/C=C/c1ccc(/C=C/C(=O)C(=O)O)cc1. The van der Waals surface area contributed by atoms with E-state index < -0.39 is 23.5 Å². The molecule has 0 atom stereocenters. The second-order valence-corrected chi connectivity index (χ2v) is 3.67. The molecule has 0 radical (unpaired) electrons. The van der Waals surface area contributed by atoms with Gasteiger partial charge in [-0.15, -0.1) is 0 Å². The van der Waals surface area contributed by atoms with E-state index in [1.165, 1.54) is 12.2 Å². The van der Waals surface area contributed by atoms with Crippen molar-refractivity contribution < 1.29 is 29.4 Å². The van der Waals surface area contributed by atoms with E-state index in [0.717, 1.165) is 12.2 Å². The lowest BCUT2D eigenvalue weighted by Gasteiger charge is -1.95. The van der Waals surface area contributed by atoms with Crippen molar-refractivity contribution in [1.29, 1.82) is 0 Å². The predicted molar refractivity (Wildman–Crippen MR) is 69.8 cm³/mol. The van der Waals surface area contributed by atoms with E-state index in [9.17, 15) is 19.2 Å². The highest BCUT2D eigenvalue weighted by molar-refractivity contribution is 6.38. The fourth-order valence-electron chi connectivity index (χ4n) is 1.20. The Labute approximate surface area is 113 Å². The molecular formula is C14H10O6. The fourth-order valence-corrected chi connectivity index (χ4v) is 1.20. The summed E-state index contributed by atoms with van der Waals surface area (Å²) in [5, 5.41) is 16.8. The molecule has 1 rings (SSSR count). The number of aliphatic carboxylic acids is 2. The summed E-state index contributed by atoms with van der Waals surface area (Å²) in [7, 11) is 0. The summed E-state index contributed by atoms with van der Waals surface area (Å²) in [5.41, 5.74) is 1.20. The summed E-state index contributed by atoms with van der Waals surface area (Å²) in [5.74, 6) is -5.12. The number of carbonyl (C=O) groups is 4. The highest BCUT2D eigenvalue weighted by Gasteiger charge is 2.06. The molecule has 0 aromatic heterocycles. The van der Waals surface area contributed by atoms with Crippen molar-refractivity contribution in [3.8, 4) is 0 Å². The molecule has 1 aromatic rings. The third-order valence-corrected chi connectivity index (χ3v) is 2.21. The smallest absolute Gasteiger partial charge is 0.376 e. The van der Waals surface area contributed by atoms with Gasteiger partial charge in [0.25, 0.3) is 11.6 Å². The van der Waals surface area contributed by atoms with Gasteiger partial charge in [-0.3, -0.25) is 9.59 Å². The molecule has 6 nitrogen and oxygen atoms in total. The van der Waals surface area contributed by atoms with Crippen LogP contribution in [-0.4, -0.2) is 33.7 Å². The van der Waals surface area contributed by atoms with Gasteiger partial charge >= 0.3 is 11.9 Å². The molecule has 20 heavy (non-hydrogen) atoms. The van der Waals surface area contributed by atoms with Crippen LogP contribution in [0.2, 0.25) is 0 Å². The van der Waals surface area contributed by atoms with Crippen LogP contribution in [-0.2, 0) is 19.2 Å². The van der Waals surface area contributed by atoms with Crippen LogP contribution < -0.4 is 0 Å². The van der Waals surface area contributed by atoms with E-state index in [0.29, 0.717) is 11.1 Å². The van der Waals surface area contributed by atoms with Gasteiger partial charge in [-0.05, 0) is 23.3 Å². The zero-order valence-electron chi connectivity index (χ0n) is 10.1. The standard InChI is InChI=1S/C14H10O6/c15-11(13(17)18)7-5-9-1-2-10(4-3-9)6-8-12(16)14(19)20/h1-8H,(H,17,18)(H,19,20)/b7-5+,8-6+. The van der Waals surface area contributed by atoms with Gasteiger partial charge in [-0.25, -0.2) is 9.59 Å². The first-order chi connectivity index (χ1) is 9.40. The van der Waals surface area contributed by atoms with E-state index in [1.54, 1.807) is 24.3 Å². The van der Waals surface area contributed by atoms with E-state index in [4.69, 9.17) is 10.2 Å². The molecule has 0 saturated heterocycles. The minimum atomic E-state index is -1.53. The topological polar surface area (TPSA) is 109 Å². The first-order valence-electron chi connectivity index (χ1n) is 5.41. The summed E-state index contributed by atoms with van der Waals surface area (Å²) in [6.45, 7) is 0. The minimum absolute atomic E-state index is 0.598. The van der Waals surface area contributed by atoms with E-state index in [2.05, 4.69) is 0 Å². The minimum Gasteiger partial charge on any atom is -0.475 e. The van der Waals surface area contributed by atoms with Gasteiger partial charge in [0.1, 0.15) is 0 Å². The van der Waals surface area contributed by atoms with Gasteiger partial charge in [0.2, 0.25) is 0 Å². The Kier molecular flexibility index (Phi) is 5.11. The van der Waals surface area contributed by atoms with Crippen molar-refractivity contribution in [2.45, 2.75) is 0 Å². The van der Waals surface area contributed by atoms with Crippen molar-refractivity contribution in [3.05, 3.63) is 47.5 Å². The highest BCUT2D eigenvalue weighted by Crippen LogP contribution is 2.08. The van der Waals surface area contributed by atoms with Crippen LogP contribution in [0.1, 0.15) is 11.1 Å². The third-order valence-electron chi connectivity index (χ3n) is 2.21. The molecule has 0 bridgehead atoms. The van der Waals surface area contributed by atoms with Crippen molar-refractivity contribution in [3.63, 3.8) is 0 Å². The first-order valence-corrected chi connectivity index (χ1v) is 5.41. The zero-order valence-corrected chi connectivity index (χ0v) is 10.1. The van der Waals surface area contributed by atoms with Gasteiger partial charge < -0.3 is 10.2 Å². The summed E-state index contributed by atoms with van der Waals surface area (Å²) >= 11 is 0. The van der Waals surface area contributed by atoms with Crippen molar-refractivity contribution in [2.75, 3.05) is 0 Å². The number of carboxylic acid groups (broad SMARTS) is 2. The number of carboxylic acids is 2. The highest BCUT2D eigenvalue weighted by atomic mass is 16.4. The van der Waals surface area contributed by atoms with Crippen LogP contribution in [0.15, 0.2) is 36.4 Å². The number of ketones is 2. The third kappa shape index (κ3) is 4.69. The van der Waals surface area contributed by atoms with Crippen LogP contribution >= 0.6 is 0 Å². The average molecular weight is 274 g/mol. The molecule has 0 aliphatic carbocycles. The number of hydrogen-bond acceptors (Lipinski definition) is 4. The number of carbonyl (C=O) groups excluding carboxylic acids is 2. The quantitative estimate of drug-likeness (QED) is 0.592. The molecule has 0 spiro atoms. The molecule has 0 aliphatic rings. The molecule has 6 heteroatoms. The van der Waals surface area contributed by atoms with E-state index >= 15 is 0 Å². The van der Waals surface area contributed by atoms with E-state index in [-0.39, 0.29) is 0 Å². The van der Waals surface area contributed by atoms with Gasteiger partial charge in [0.15, 0.2) is 0 Å². The second-order valence-electron chi connectivity index (χ2n) is 3.67. The van der Waals surface area contributed by atoms with Crippen LogP contribution in [0.5, 0.6) is 0 Å². The molecule has 0 heterocycles. The Morgan fingerprint density at radius 1 is 0.700 bits per heavy atom. The lowest BCUT2D eigenvalue weighted by atomic mass is 10.1. The molecule has 0 amide bonds. The summed E-state index contributed by atoms with van der Waals surface area (Å²) < 4.78 is 0. The van der Waals surface area contributed by atoms with Gasteiger partial charge in [0, 0.05) is 0 Å². The Hall–Kier alpha value is -3.02. The molecule has 0 unspecified atom stereocenters. The fraction of sp³-hybridized carbons (Fsp3) is 0. The molecule has 102 valence electrons. The predicted octanol–water partition coefficient (Wildman–Crippen LogP) is 1.02. The molecule has 0 aliphatic heterocycles. The zero-order chi connectivity index (χ0) is 15.1. The van der Waals surface area contributed by atoms with Crippen LogP contribution in [0.4, 0.5) is 0 Å². The molecule has 0 fully saturated rings. The van der Waals surface area contributed by atoms with Crippen LogP contribution in [0.3, 0.4) is 0 Å². The molecule has 2 N–H and O–H groups in total. The number of hydrogen-bond donors (Lipinski definition) is 2. The maximum absolute atomic E-state index is 10.8. The Morgan fingerprint density at radius 2 is 1.00 bits per heavy atom. The second kappa shape index (κ2) is 6.79. The monoisotopic (exact) mass is 274 g/mol.